The van der Waals surface area contributed by atoms with Gasteiger partial charge in [-0.1, -0.05) is 45.7 Å². The molecule has 1 atom stereocenters. The van der Waals surface area contributed by atoms with Crippen LogP contribution in [0.5, 0.6) is 5.75 Å². The van der Waals surface area contributed by atoms with Crippen LogP contribution in [0.2, 0.25) is 5.02 Å². The van der Waals surface area contributed by atoms with E-state index in [1.165, 1.54) is 17.0 Å². The molecule has 2 N–H and O–H groups in total. The van der Waals surface area contributed by atoms with E-state index in [1.54, 1.807) is 24.3 Å². The lowest BCUT2D eigenvalue weighted by molar-refractivity contribution is -0.132. The Kier molecular flexibility index (Phi) is 6.08. The van der Waals surface area contributed by atoms with Crippen LogP contribution in [0, 0.1) is 20.8 Å². The SMILES string of the molecule is Cc1cc(C)cc(N2C(=O)C(=O)/C(=C(\O)c3ccc(Br)c(C)c3)C2c2ccc(O)c(Cl)c2)c1. The van der Waals surface area contributed by atoms with E-state index >= 15 is 0 Å². The van der Waals surface area contributed by atoms with Gasteiger partial charge in [-0.3, -0.25) is 14.5 Å². The first-order chi connectivity index (χ1) is 15.6. The van der Waals surface area contributed by atoms with Crippen molar-refractivity contribution in [1.29, 1.82) is 0 Å². The van der Waals surface area contributed by atoms with Crippen LogP contribution < -0.4 is 4.90 Å². The average molecular weight is 527 g/mol. The Bertz CT molecular complexity index is 1330. The first-order valence-corrected chi connectivity index (χ1v) is 11.4. The number of Topliss-reactive ketones (excluding diaryl/α,β-unsaturated/α-hetero) is 1. The van der Waals surface area contributed by atoms with Crippen LogP contribution in [0.15, 0.2) is 64.6 Å². The molecule has 33 heavy (non-hydrogen) atoms. The molecule has 0 spiro atoms. The average Bonchev–Trinajstić information content (AvgIpc) is 3.01. The van der Waals surface area contributed by atoms with Crippen molar-refractivity contribution in [3.63, 3.8) is 0 Å². The lowest BCUT2D eigenvalue weighted by Gasteiger charge is -2.26. The highest BCUT2D eigenvalue weighted by Gasteiger charge is 2.47. The summed E-state index contributed by atoms with van der Waals surface area (Å²) < 4.78 is 0.858. The maximum Gasteiger partial charge on any atom is 0.300 e. The molecule has 0 bridgehead atoms. The topological polar surface area (TPSA) is 77.8 Å². The third kappa shape index (κ3) is 4.16. The summed E-state index contributed by atoms with van der Waals surface area (Å²) in [4.78, 5) is 27.9. The third-order valence-electron chi connectivity index (χ3n) is 5.65. The van der Waals surface area contributed by atoms with Crippen molar-refractivity contribution in [2.75, 3.05) is 4.90 Å². The fourth-order valence-electron chi connectivity index (χ4n) is 4.14. The number of aliphatic hydroxyl groups is 1. The first-order valence-electron chi connectivity index (χ1n) is 10.2. The van der Waals surface area contributed by atoms with Gasteiger partial charge in [0.25, 0.3) is 11.7 Å². The van der Waals surface area contributed by atoms with Crippen LogP contribution in [0.3, 0.4) is 0 Å². The number of phenolic OH excluding ortho intramolecular Hbond substituents is 1. The van der Waals surface area contributed by atoms with Gasteiger partial charge in [0.05, 0.1) is 16.6 Å². The number of nitrogens with zero attached hydrogens (tertiary/aromatic N) is 1. The van der Waals surface area contributed by atoms with Crippen LogP contribution in [0.4, 0.5) is 5.69 Å². The fourth-order valence-corrected chi connectivity index (χ4v) is 4.58. The van der Waals surface area contributed by atoms with E-state index in [0.717, 1.165) is 21.2 Å². The normalized spacial score (nSPS) is 17.6. The largest absolute Gasteiger partial charge is 0.507 e. The van der Waals surface area contributed by atoms with Crippen LogP contribution in [-0.4, -0.2) is 21.9 Å². The van der Waals surface area contributed by atoms with Crippen molar-refractivity contribution in [3.8, 4) is 5.75 Å². The summed E-state index contributed by atoms with van der Waals surface area (Å²) in [5.74, 6) is -1.93. The van der Waals surface area contributed by atoms with E-state index < -0.39 is 17.7 Å². The predicted octanol–water partition coefficient (Wildman–Crippen LogP) is 6.36. The number of hydrogen-bond donors (Lipinski definition) is 2. The van der Waals surface area contributed by atoms with Gasteiger partial charge in [0.2, 0.25) is 0 Å². The number of carbonyl (C=O) groups is 2. The smallest absolute Gasteiger partial charge is 0.300 e. The molecule has 4 rings (SSSR count). The number of ketones is 1. The highest BCUT2D eigenvalue weighted by molar-refractivity contribution is 9.10. The summed E-state index contributed by atoms with van der Waals surface area (Å²) in [6.45, 7) is 5.68. The van der Waals surface area contributed by atoms with E-state index in [-0.39, 0.29) is 22.1 Å². The molecule has 0 aliphatic carbocycles. The molecule has 1 aliphatic heterocycles. The zero-order chi connectivity index (χ0) is 24.0. The van der Waals surface area contributed by atoms with Crippen LogP contribution in [0.1, 0.15) is 33.9 Å². The minimum atomic E-state index is -0.923. The number of amides is 1. The van der Waals surface area contributed by atoms with Gasteiger partial charge >= 0.3 is 0 Å². The van der Waals surface area contributed by atoms with Gasteiger partial charge in [-0.25, -0.2) is 0 Å². The number of benzene rings is 3. The molecule has 1 heterocycles. The zero-order valence-electron chi connectivity index (χ0n) is 18.2. The maximum atomic E-state index is 13.3. The second kappa shape index (κ2) is 8.69. The lowest BCUT2D eigenvalue weighted by Crippen LogP contribution is -2.29. The number of phenols is 1. The summed E-state index contributed by atoms with van der Waals surface area (Å²) >= 11 is 9.60. The quantitative estimate of drug-likeness (QED) is 0.236. The highest BCUT2D eigenvalue weighted by Crippen LogP contribution is 2.44. The summed E-state index contributed by atoms with van der Waals surface area (Å²) in [5, 5.41) is 21.2. The second-order valence-electron chi connectivity index (χ2n) is 8.19. The standard InChI is InChI=1S/C26H21BrClNO4/c1-13-8-14(2)10-18(9-13)29-23(16-5-7-21(30)20(28)12-16)22(25(32)26(29)33)24(31)17-4-6-19(27)15(3)11-17/h4-12,23,30-31H,1-3H3/b24-22-. The molecule has 0 radical (unpaired) electrons. The Balaban J connectivity index is 2.00. The number of anilines is 1. The third-order valence-corrected chi connectivity index (χ3v) is 6.84. The van der Waals surface area contributed by atoms with E-state index in [1.807, 2.05) is 39.0 Å². The molecular weight excluding hydrogens is 506 g/mol. The Morgan fingerprint density at radius 1 is 0.970 bits per heavy atom. The monoisotopic (exact) mass is 525 g/mol. The molecular formula is C26H21BrClNO4. The molecule has 3 aromatic carbocycles. The van der Waals surface area contributed by atoms with Crippen LogP contribution in [0.25, 0.3) is 5.76 Å². The second-order valence-corrected chi connectivity index (χ2v) is 9.45. The molecule has 168 valence electrons. The molecule has 0 saturated carbocycles. The first kappa shape index (κ1) is 23.1. The molecule has 1 saturated heterocycles. The van der Waals surface area contributed by atoms with E-state index in [0.29, 0.717) is 16.8 Å². The minimum Gasteiger partial charge on any atom is -0.507 e. The number of rotatable bonds is 3. The van der Waals surface area contributed by atoms with Crippen LogP contribution in [-0.2, 0) is 9.59 Å². The number of aliphatic hydroxyl groups excluding tert-OH is 1. The van der Waals surface area contributed by atoms with Crippen molar-refractivity contribution in [2.45, 2.75) is 26.8 Å². The maximum absolute atomic E-state index is 13.3. The zero-order valence-corrected chi connectivity index (χ0v) is 20.5. The molecule has 1 fully saturated rings. The van der Waals surface area contributed by atoms with Crippen molar-refractivity contribution in [2.24, 2.45) is 0 Å². The Hall–Kier alpha value is -3.09. The number of halogens is 2. The molecule has 1 unspecified atom stereocenters. The van der Waals surface area contributed by atoms with Crippen molar-refractivity contribution in [3.05, 3.63) is 97.5 Å². The Morgan fingerprint density at radius 3 is 2.24 bits per heavy atom. The predicted molar refractivity (Wildman–Crippen MR) is 133 cm³/mol. The highest BCUT2D eigenvalue weighted by atomic mass is 79.9. The number of hydrogen-bond acceptors (Lipinski definition) is 4. The fraction of sp³-hybridized carbons (Fsp3) is 0.154. The van der Waals surface area contributed by atoms with Gasteiger partial charge in [0.15, 0.2) is 0 Å². The van der Waals surface area contributed by atoms with Crippen LogP contribution >= 0.6 is 27.5 Å². The molecule has 5 nitrogen and oxygen atoms in total. The van der Waals surface area contributed by atoms with Gasteiger partial charge in [-0.2, -0.15) is 0 Å². The summed E-state index contributed by atoms with van der Waals surface area (Å²) in [6, 6.07) is 14.4. The Morgan fingerprint density at radius 2 is 1.64 bits per heavy atom. The summed E-state index contributed by atoms with van der Waals surface area (Å²) in [7, 11) is 0. The van der Waals surface area contributed by atoms with Crippen molar-refractivity contribution in [1.82, 2.24) is 0 Å². The number of aryl methyl sites for hydroxylation is 3. The lowest BCUT2D eigenvalue weighted by atomic mass is 9.94. The van der Waals surface area contributed by atoms with Gasteiger partial charge in [-0.05, 0) is 79.4 Å². The number of aromatic hydroxyl groups is 1. The number of carbonyl (C=O) groups excluding carboxylic acids is 2. The molecule has 1 amide bonds. The summed E-state index contributed by atoms with van der Waals surface area (Å²) in [6.07, 6.45) is 0. The Labute approximate surface area is 205 Å². The van der Waals surface area contributed by atoms with Gasteiger partial charge in [0.1, 0.15) is 11.5 Å². The van der Waals surface area contributed by atoms with Crippen molar-refractivity contribution < 1.29 is 19.8 Å². The van der Waals surface area contributed by atoms with Gasteiger partial charge in [-0.15, -0.1) is 0 Å². The molecule has 1 aliphatic rings. The molecule has 7 heteroatoms. The van der Waals surface area contributed by atoms with Gasteiger partial charge < -0.3 is 10.2 Å². The summed E-state index contributed by atoms with van der Waals surface area (Å²) in [5.41, 5.74) is 4.13. The molecule has 0 aromatic heterocycles. The minimum absolute atomic E-state index is 0.0392. The van der Waals surface area contributed by atoms with Crippen molar-refractivity contribution >= 4 is 50.7 Å². The van der Waals surface area contributed by atoms with E-state index in [2.05, 4.69) is 15.9 Å². The van der Waals surface area contributed by atoms with E-state index in [9.17, 15) is 19.8 Å². The van der Waals surface area contributed by atoms with E-state index in [4.69, 9.17) is 11.6 Å². The van der Waals surface area contributed by atoms with Gasteiger partial charge in [0, 0.05) is 15.7 Å². The molecule has 3 aromatic rings.